The number of nitrogens with zero attached hydrogens (tertiary/aromatic N) is 2. The van der Waals surface area contributed by atoms with E-state index in [4.69, 9.17) is 28.3 Å². The van der Waals surface area contributed by atoms with Crippen LogP contribution >= 0.6 is 23.2 Å². The standard InChI is InChI=1S/C15H21Cl2N3O7S/c1-28(26,27)14-7-13(20(24)25)12(19(4-2-16)5-3-17)6-11(14)15(23)18-8-10(22)9-21/h6-7,10,21-22H,2-5,8-9H2,1H3,(H,18,23). The highest BCUT2D eigenvalue weighted by Gasteiger charge is 2.28. The molecule has 0 aliphatic carbocycles. The Morgan fingerprint density at radius 3 is 2.32 bits per heavy atom. The van der Waals surface area contributed by atoms with Gasteiger partial charge in [-0.3, -0.25) is 14.9 Å². The van der Waals surface area contributed by atoms with Crippen molar-refractivity contribution in [1.29, 1.82) is 0 Å². The molecule has 1 aromatic carbocycles. The van der Waals surface area contributed by atoms with Gasteiger partial charge >= 0.3 is 0 Å². The first kappa shape index (κ1) is 24.4. The van der Waals surface area contributed by atoms with Crippen LogP contribution in [0.4, 0.5) is 11.4 Å². The molecule has 0 spiro atoms. The molecule has 1 atom stereocenters. The van der Waals surface area contributed by atoms with Crippen LogP contribution in [0.3, 0.4) is 0 Å². The van der Waals surface area contributed by atoms with E-state index in [0.29, 0.717) is 0 Å². The van der Waals surface area contributed by atoms with E-state index < -0.39 is 44.0 Å². The van der Waals surface area contributed by atoms with Gasteiger partial charge in [0.15, 0.2) is 9.84 Å². The number of halogens is 2. The molecule has 0 aliphatic rings. The zero-order valence-corrected chi connectivity index (χ0v) is 17.3. The quantitative estimate of drug-likeness (QED) is 0.245. The van der Waals surface area contributed by atoms with Crippen molar-refractivity contribution in [2.75, 3.05) is 49.2 Å². The lowest BCUT2D eigenvalue weighted by Gasteiger charge is -2.24. The Hall–Kier alpha value is -1.66. The summed E-state index contributed by atoms with van der Waals surface area (Å²) < 4.78 is 24.2. The van der Waals surface area contributed by atoms with Crippen LogP contribution in [0.2, 0.25) is 0 Å². The van der Waals surface area contributed by atoms with Crippen molar-refractivity contribution in [3.05, 3.63) is 27.8 Å². The highest BCUT2D eigenvalue weighted by atomic mass is 35.5. The van der Waals surface area contributed by atoms with Crippen molar-refractivity contribution in [3.63, 3.8) is 0 Å². The summed E-state index contributed by atoms with van der Waals surface area (Å²) in [7, 11) is -3.99. The van der Waals surface area contributed by atoms with E-state index in [-0.39, 0.29) is 42.6 Å². The number of hydrogen-bond acceptors (Lipinski definition) is 8. The minimum absolute atomic E-state index is 0.00782. The molecule has 0 fully saturated rings. The molecule has 3 N–H and O–H groups in total. The van der Waals surface area contributed by atoms with Gasteiger partial charge in [0.05, 0.1) is 28.1 Å². The first-order chi connectivity index (χ1) is 13.1. The normalized spacial score (nSPS) is 12.5. The fourth-order valence-corrected chi connectivity index (χ4v) is 3.65. The highest BCUT2D eigenvalue weighted by Crippen LogP contribution is 2.34. The maximum atomic E-state index is 12.5. The number of nitrogens with one attached hydrogen (secondary N) is 1. The Morgan fingerprint density at radius 1 is 1.32 bits per heavy atom. The molecule has 1 amide bonds. The van der Waals surface area contributed by atoms with Crippen molar-refractivity contribution >= 4 is 50.3 Å². The molecule has 0 saturated heterocycles. The summed E-state index contributed by atoms with van der Waals surface area (Å²) in [6.45, 7) is -0.586. The van der Waals surface area contributed by atoms with Crippen LogP contribution < -0.4 is 10.2 Å². The fraction of sp³-hybridized carbons (Fsp3) is 0.533. The molecule has 28 heavy (non-hydrogen) atoms. The molecule has 0 saturated carbocycles. The number of carbonyl (C=O) groups is 1. The van der Waals surface area contributed by atoms with E-state index in [1.165, 1.54) is 4.90 Å². The number of anilines is 1. The van der Waals surface area contributed by atoms with Crippen molar-refractivity contribution in [3.8, 4) is 0 Å². The van der Waals surface area contributed by atoms with Gasteiger partial charge in [-0.2, -0.15) is 0 Å². The summed E-state index contributed by atoms with van der Waals surface area (Å²) in [5.41, 5.74) is -0.850. The third kappa shape index (κ3) is 6.45. The number of carbonyl (C=O) groups excluding carboxylic acids is 1. The Bertz CT molecular complexity index is 814. The van der Waals surface area contributed by atoms with Crippen LogP contribution in [-0.2, 0) is 9.84 Å². The van der Waals surface area contributed by atoms with Crippen LogP contribution in [0.1, 0.15) is 10.4 Å². The minimum atomic E-state index is -3.99. The summed E-state index contributed by atoms with van der Waals surface area (Å²) in [5.74, 6) is -0.640. The lowest BCUT2D eigenvalue weighted by atomic mass is 10.1. The topological polar surface area (TPSA) is 150 Å². The van der Waals surface area contributed by atoms with Crippen LogP contribution in [-0.4, -0.2) is 79.8 Å². The van der Waals surface area contributed by atoms with Crippen molar-refractivity contribution in [2.24, 2.45) is 0 Å². The third-order valence-corrected chi connectivity index (χ3v) is 5.15. The average molecular weight is 458 g/mol. The number of benzene rings is 1. The number of aliphatic hydroxyl groups excluding tert-OH is 2. The second kappa shape index (κ2) is 10.8. The average Bonchev–Trinajstić information content (AvgIpc) is 2.63. The van der Waals surface area contributed by atoms with E-state index >= 15 is 0 Å². The SMILES string of the molecule is CS(=O)(=O)c1cc([N+](=O)[O-])c(N(CCCl)CCCl)cc1C(=O)NCC(O)CO. The second-order valence-corrected chi connectivity index (χ2v) is 8.52. The van der Waals surface area contributed by atoms with Gasteiger partial charge in [-0.25, -0.2) is 8.42 Å². The number of hydrogen-bond donors (Lipinski definition) is 3. The zero-order chi connectivity index (χ0) is 21.5. The summed E-state index contributed by atoms with van der Waals surface area (Å²) in [6.07, 6.45) is -0.424. The van der Waals surface area contributed by atoms with Gasteiger partial charge in [-0.15, -0.1) is 23.2 Å². The summed E-state index contributed by atoms with van der Waals surface area (Å²) >= 11 is 11.5. The van der Waals surface area contributed by atoms with Crippen LogP contribution in [0.25, 0.3) is 0 Å². The Morgan fingerprint density at radius 2 is 1.89 bits per heavy atom. The van der Waals surface area contributed by atoms with Gasteiger partial charge in [-0.05, 0) is 6.07 Å². The molecular weight excluding hydrogens is 437 g/mol. The predicted octanol–water partition coefficient (Wildman–Crippen LogP) is 0.365. The predicted molar refractivity (Wildman–Crippen MR) is 105 cm³/mol. The van der Waals surface area contributed by atoms with E-state index in [9.17, 15) is 28.4 Å². The molecular formula is C15H21Cl2N3O7S. The van der Waals surface area contributed by atoms with Gasteiger partial charge < -0.3 is 20.4 Å². The van der Waals surface area contributed by atoms with Crippen LogP contribution in [0.15, 0.2) is 17.0 Å². The number of nitro benzene ring substituents is 1. The largest absolute Gasteiger partial charge is 0.394 e. The molecule has 0 radical (unpaired) electrons. The highest BCUT2D eigenvalue weighted by molar-refractivity contribution is 7.90. The molecule has 0 aliphatic heterocycles. The second-order valence-electron chi connectivity index (χ2n) is 5.78. The maximum absolute atomic E-state index is 12.5. The summed E-state index contributed by atoms with van der Waals surface area (Å²) in [5, 5.41) is 32.0. The van der Waals surface area contributed by atoms with Gasteiger partial charge in [0.2, 0.25) is 0 Å². The van der Waals surface area contributed by atoms with E-state index in [0.717, 1.165) is 18.4 Å². The molecule has 0 heterocycles. The lowest BCUT2D eigenvalue weighted by Crippen LogP contribution is -2.35. The van der Waals surface area contributed by atoms with Gasteiger partial charge in [-0.1, -0.05) is 0 Å². The molecule has 13 heteroatoms. The van der Waals surface area contributed by atoms with Gasteiger partial charge in [0, 0.05) is 43.7 Å². The third-order valence-electron chi connectivity index (χ3n) is 3.68. The van der Waals surface area contributed by atoms with Gasteiger partial charge in [0.1, 0.15) is 5.69 Å². The molecule has 0 bridgehead atoms. The van der Waals surface area contributed by atoms with E-state index in [2.05, 4.69) is 5.32 Å². The van der Waals surface area contributed by atoms with Crippen LogP contribution in [0.5, 0.6) is 0 Å². The first-order valence-electron chi connectivity index (χ1n) is 8.03. The first-order valence-corrected chi connectivity index (χ1v) is 11.0. The number of rotatable bonds is 11. The number of aliphatic hydroxyl groups is 2. The Kier molecular flexibility index (Phi) is 9.37. The molecule has 1 unspecified atom stereocenters. The molecule has 1 rings (SSSR count). The van der Waals surface area contributed by atoms with Crippen molar-refractivity contribution in [1.82, 2.24) is 5.32 Å². The zero-order valence-electron chi connectivity index (χ0n) is 15.0. The fourth-order valence-electron chi connectivity index (χ4n) is 2.37. The summed E-state index contributed by atoms with van der Waals surface area (Å²) in [6, 6.07) is 1.91. The molecule has 1 aromatic rings. The van der Waals surface area contributed by atoms with E-state index in [1.807, 2.05) is 0 Å². The number of sulfone groups is 1. The molecule has 10 nitrogen and oxygen atoms in total. The smallest absolute Gasteiger partial charge is 0.293 e. The lowest BCUT2D eigenvalue weighted by molar-refractivity contribution is -0.384. The van der Waals surface area contributed by atoms with Crippen LogP contribution in [0, 0.1) is 10.1 Å². The molecule has 158 valence electrons. The van der Waals surface area contributed by atoms with E-state index in [1.54, 1.807) is 0 Å². The maximum Gasteiger partial charge on any atom is 0.293 e. The Labute approximate surface area is 172 Å². The minimum Gasteiger partial charge on any atom is -0.394 e. The number of amides is 1. The van der Waals surface area contributed by atoms with Gasteiger partial charge in [0.25, 0.3) is 11.6 Å². The molecule has 0 aromatic heterocycles. The Balaban J connectivity index is 3.60. The van der Waals surface area contributed by atoms with Crippen molar-refractivity contribution < 1.29 is 28.3 Å². The monoisotopic (exact) mass is 457 g/mol. The number of alkyl halides is 2. The number of nitro groups is 1. The van der Waals surface area contributed by atoms with Crippen molar-refractivity contribution in [2.45, 2.75) is 11.0 Å². The summed E-state index contributed by atoms with van der Waals surface area (Å²) in [4.78, 5) is 24.2.